The second kappa shape index (κ2) is 6.32. The molecule has 1 atom stereocenters. The van der Waals surface area contributed by atoms with E-state index in [1.807, 2.05) is 18.3 Å². The van der Waals surface area contributed by atoms with Crippen LogP contribution in [-0.2, 0) is 6.42 Å². The Labute approximate surface area is 125 Å². The van der Waals surface area contributed by atoms with E-state index in [9.17, 15) is 0 Å². The van der Waals surface area contributed by atoms with Crippen LogP contribution in [0, 0.1) is 0 Å². The van der Waals surface area contributed by atoms with Crippen molar-refractivity contribution in [3.8, 4) is 5.75 Å². The van der Waals surface area contributed by atoms with Gasteiger partial charge in [0.05, 0.1) is 0 Å². The number of likely N-dealkylation sites (tertiary alicyclic amines) is 1. The first-order valence-electron chi connectivity index (χ1n) is 7.34. The Kier molecular flexibility index (Phi) is 4.45. The summed E-state index contributed by atoms with van der Waals surface area (Å²) < 4.78 is 5.16. The highest BCUT2D eigenvalue weighted by molar-refractivity contribution is 7.39. The summed E-state index contributed by atoms with van der Waals surface area (Å²) in [7, 11) is -2.39. The molecule has 0 saturated carbocycles. The maximum atomic E-state index is 9.11. The van der Waals surface area contributed by atoms with Crippen LogP contribution >= 0.6 is 8.60 Å². The monoisotopic (exact) mass is 308 g/mol. The first-order valence-corrected chi connectivity index (χ1v) is 8.50. The van der Waals surface area contributed by atoms with E-state index in [0.29, 0.717) is 11.8 Å². The first kappa shape index (κ1) is 14.8. The number of H-pyrrole nitrogens is 1. The van der Waals surface area contributed by atoms with Crippen molar-refractivity contribution >= 4 is 19.5 Å². The van der Waals surface area contributed by atoms with E-state index < -0.39 is 8.60 Å². The van der Waals surface area contributed by atoms with Crippen molar-refractivity contribution in [3.05, 3.63) is 30.0 Å². The Bertz CT molecular complexity index is 614. The summed E-state index contributed by atoms with van der Waals surface area (Å²) in [5, 5.41) is 0.958. The average molecular weight is 308 g/mol. The average Bonchev–Trinajstić information content (AvgIpc) is 3.03. The normalized spacial score (nSPS) is 19.7. The Balaban J connectivity index is 1.81. The predicted molar refractivity (Wildman–Crippen MR) is 84.3 cm³/mol. The van der Waals surface area contributed by atoms with Crippen LogP contribution in [0.4, 0.5) is 0 Å². The molecular weight excluding hydrogens is 287 g/mol. The molecule has 0 unspecified atom stereocenters. The largest absolute Gasteiger partial charge is 0.426 e. The zero-order valence-corrected chi connectivity index (χ0v) is 13.0. The van der Waals surface area contributed by atoms with E-state index in [4.69, 9.17) is 14.3 Å². The molecule has 1 saturated heterocycles. The number of hydrogen-bond donors (Lipinski definition) is 3. The molecule has 21 heavy (non-hydrogen) atoms. The van der Waals surface area contributed by atoms with E-state index in [1.165, 1.54) is 19.4 Å². The maximum Gasteiger partial charge on any atom is 0.391 e. The van der Waals surface area contributed by atoms with Crippen LogP contribution in [0.1, 0.15) is 25.3 Å². The minimum atomic E-state index is -2.39. The van der Waals surface area contributed by atoms with Gasteiger partial charge in [-0.3, -0.25) is 0 Å². The fourth-order valence-electron chi connectivity index (χ4n) is 3.17. The number of aromatic nitrogens is 1. The van der Waals surface area contributed by atoms with Crippen LogP contribution in [0.5, 0.6) is 5.75 Å². The van der Waals surface area contributed by atoms with Gasteiger partial charge in [-0.1, -0.05) is 6.07 Å². The third-order valence-corrected chi connectivity index (χ3v) is 4.65. The van der Waals surface area contributed by atoms with Gasteiger partial charge in [-0.2, -0.15) is 0 Å². The third kappa shape index (κ3) is 3.22. The zero-order valence-electron chi connectivity index (χ0n) is 12.1. The molecular formula is C15H21N2O3P. The van der Waals surface area contributed by atoms with Gasteiger partial charge >= 0.3 is 8.60 Å². The standard InChI is InChI=1S/C15H21N2O3P/c1-11-4-3-8-17(11)9-7-12-10-16-13-5-2-6-14(15(12)13)20-21(18)19/h2,5-6,10-11,16,18-19H,3-4,7-9H2,1H3/t11-/m1/s1. The molecule has 0 radical (unpaired) electrons. The Morgan fingerprint density at radius 3 is 3.00 bits per heavy atom. The number of nitrogens with one attached hydrogen (secondary N) is 1. The van der Waals surface area contributed by atoms with Crippen LogP contribution in [-0.4, -0.2) is 38.8 Å². The van der Waals surface area contributed by atoms with Crippen LogP contribution in [0.15, 0.2) is 24.4 Å². The SMILES string of the molecule is C[C@@H]1CCCN1CCc1c[nH]c2cccc(OP(O)O)c12. The smallest absolute Gasteiger partial charge is 0.391 e. The lowest BCUT2D eigenvalue weighted by Crippen LogP contribution is -2.28. The molecule has 5 nitrogen and oxygen atoms in total. The van der Waals surface area contributed by atoms with Gasteiger partial charge in [0, 0.05) is 29.7 Å². The Hall–Kier alpha value is -1.13. The summed E-state index contributed by atoms with van der Waals surface area (Å²) in [5.41, 5.74) is 2.13. The van der Waals surface area contributed by atoms with Gasteiger partial charge in [0.15, 0.2) is 0 Å². The molecule has 1 aliphatic heterocycles. The lowest BCUT2D eigenvalue weighted by Gasteiger charge is -2.20. The lowest BCUT2D eigenvalue weighted by molar-refractivity contribution is 0.272. The molecule has 3 rings (SSSR count). The van der Waals surface area contributed by atoms with Gasteiger partial charge < -0.3 is 24.2 Å². The summed E-state index contributed by atoms with van der Waals surface area (Å²) in [4.78, 5) is 24.0. The van der Waals surface area contributed by atoms with E-state index in [2.05, 4.69) is 16.8 Å². The van der Waals surface area contributed by atoms with Crippen molar-refractivity contribution in [1.82, 2.24) is 9.88 Å². The highest BCUT2D eigenvalue weighted by atomic mass is 31.2. The van der Waals surface area contributed by atoms with Crippen LogP contribution < -0.4 is 4.52 Å². The van der Waals surface area contributed by atoms with Gasteiger partial charge in [0.1, 0.15) is 5.75 Å². The van der Waals surface area contributed by atoms with Crippen molar-refractivity contribution in [3.63, 3.8) is 0 Å². The van der Waals surface area contributed by atoms with Crippen molar-refractivity contribution in [1.29, 1.82) is 0 Å². The molecule has 2 heterocycles. The molecule has 1 aromatic carbocycles. The van der Waals surface area contributed by atoms with E-state index in [-0.39, 0.29) is 0 Å². The summed E-state index contributed by atoms with van der Waals surface area (Å²) in [6.07, 6.45) is 5.49. The Morgan fingerprint density at radius 1 is 1.43 bits per heavy atom. The van der Waals surface area contributed by atoms with Crippen molar-refractivity contribution in [2.24, 2.45) is 0 Å². The predicted octanol–water partition coefficient (Wildman–Crippen LogP) is 2.79. The Morgan fingerprint density at radius 2 is 2.29 bits per heavy atom. The fourth-order valence-corrected chi connectivity index (χ4v) is 3.50. The summed E-state index contributed by atoms with van der Waals surface area (Å²) in [6, 6.07) is 6.26. The minimum Gasteiger partial charge on any atom is -0.426 e. The topological polar surface area (TPSA) is 68.7 Å². The van der Waals surface area contributed by atoms with Crippen LogP contribution in [0.3, 0.4) is 0 Å². The molecule has 3 N–H and O–H groups in total. The molecule has 1 aliphatic rings. The van der Waals surface area contributed by atoms with E-state index in [1.54, 1.807) is 6.07 Å². The molecule has 0 amide bonds. The molecule has 1 fully saturated rings. The maximum absolute atomic E-state index is 9.11. The number of hydrogen-bond acceptors (Lipinski definition) is 4. The highest BCUT2D eigenvalue weighted by Crippen LogP contribution is 2.36. The molecule has 114 valence electrons. The van der Waals surface area contributed by atoms with Crippen LogP contribution in [0.25, 0.3) is 10.9 Å². The van der Waals surface area contributed by atoms with Gasteiger partial charge in [-0.05, 0) is 50.4 Å². The van der Waals surface area contributed by atoms with Gasteiger partial charge in [-0.15, -0.1) is 0 Å². The molecule has 6 heteroatoms. The first-order chi connectivity index (χ1) is 10.1. The molecule has 0 spiro atoms. The second-order valence-corrected chi connectivity index (χ2v) is 6.30. The minimum absolute atomic E-state index is 0.536. The molecule has 1 aromatic heterocycles. The summed E-state index contributed by atoms with van der Waals surface area (Å²) >= 11 is 0. The number of nitrogens with zero attached hydrogens (tertiary/aromatic N) is 1. The van der Waals surface area contributed by atoms with Crippen molar-refractivity contribution in [2.75, 3.05) is 13.1 Å². The molecule has 2 aromatic rings. The van der Waals surface area contributed by atoms with E-state index in [0.717, 1.165) is 29.4 Å². The number of rotatable bonds is 5. The van der Waals surface area contributed by atoms with Crippen molar-refractivity contribution < 1.29 is 14.3 Å². The molecule has 0 aliphatic carbocycles. The fraction of sp³-hybridized carbons (Fsp3) is 0.467. The van der Waals surface area contributed by atoms with Gasteiger partial charge in [-0.25, -0.2) is 0 Å². The zero-order chi connectivity index (χ0) is 14.8. The number of aromatic amines is 1. The van der Waals surface area contributed by atoms with Crippen LogP contribution in [0.2, 0.25) is 0 Å². The van der Waals surface area contributed by atoms with Gasteiger partial charge in [0.2, 0.25) is 0 Å². The third-order valence-electron chi connectivity index (χ3n) is 4.29. The quantitative estimate of drug-likeness (QED) is 0.743. The summed E-state index contributed by atoms with van der Waals surface area (Å²) in [6.45, 7) is 4.47. The van der Waals surface area contributed by atoms with Crippen molar-refractivity contribution in [2.45, 2.75) is 32.2 Å². The van der Waals surface area contributed by atoms with Gasteiger partial charge in [0.25, 0.3) is 0 Å². The highest BCUT2D eigenvalue weighted by Gasteiger charge is 2.20. The number of fused-ring (bicyclic) bond motifs is 1. The lowest BCUT2D eigenvalue weighted by atomic mass is 10.1. The summed E-state index contributed by atoms with van der Waals surface area (Å²) in [5.74, 6) is 0.536. The van der Waals surface area contributed by atoms with E-state index >= 15 is 0 Å². The molecule has 0 bridgehead atoms. The second-order valence-electron chi connectivity index (χ2n) is 5.61. The number of benzene rings is 1.